The van der Waals surface area contributed by atoms with Gasteiger partial charge >= 0.3 is 6.09 Å². The molecule has 0 spiro atoms. The van der Waals surface area contributed by atoms with Crippen LogP contribution < -0.4 is 4.90 Å². The molecule has 2 amide bonds. The number of aromatic nitrogens is 1. The summed E-state index contributed by atoms with van der Waals surface area (Å²) in [6.45, 7) is 6.58. The van der Waals surface area contributed by atoms with Gasteiger partial charge in [0.15, 0.2) is 6.29 Å². The summed E-state index contributed by atoms with van der Waals surface area (Å²) in [5, 5.41) is 0. The average molecular weight is 361 g/mol. The average Bonchev–Trinajstić information content (AvgIpc) is 3.16. The van der Waals surface area contributed by atoms with Crippen LogP contribution in [0, 0.1) is 0 Å². The first kappa shape index (κ1) is 18.5. The minimum atomic E-state index is -0.595. The van der Waals surface area contributed by atoms with Crippen LogP contribution in [0.3, 0.4) is 0 Å². The largest absolute Gasteiger partial charge is 0.444 e. The van der Waals surface area contributed by atoms with Crippen LogP contribution in [-0.4, -0.2) is 52.9 Å². The van der Waals surface area contributed by atoms with Gasteiger partial charge in [0.1, 0.15) is 11.6 Å². The first-order valence-electron chi connectivity index (χ1n) is 9.28. The van der Waals surface area contributed by atoms with Gasteiger partial charge in [-0.1, -0.05) is 0 Å². The first-order chi connectivity index (χ1) is 12.3. The van der Waals surface area contributed by atoms with E-state index < -0.39 is 17.7 Å². The van der Waals surface area contributed by atoms with E-state index in [0.717, 1.165) is 43.4 Å². The van der Waals surface area contributed by atoms with Crippen LogP contribution in [0.4, 0.5) is 10.5 Å². The molecule has 26 heavy (non-hydrogen) atoms. The number of rotatable bonds is 2. The highest BCUT2D eigenvalue weighted by atomic mass is 16.6. The minimum absolute atomic E-state index is 0.0899. The second-order valence-electron chi connectivity index (χ2n) is 7.99. The Kier molecular flexibility index (Phi) is 5.07. The zero-order chi connectivity index (χ0) is 18.9. The number of anilines is 1. The molecule has 1 fully saturated rings. The molecule has 7 nitrogen and oxygen atoms in total. The first-order valence-corrected chi connectivity index (χ1v) is 9.28. The maximum atomic E-state index is 13.3. The Morgan fingerprint density at radius 2 is 2.00 bits per heavy atom. The highest BCUT2D eigenvalue weighted by Gasteiger charge is 2.39. The smallest absolute Gasteiger partial charge is 0.410 e. The van der Waals surface area contributed by atoms with E-state index in [0.29, 0.717) is 25.2 Å². The van der Waals surface area contributed by atoms with Gasteiger partial charge in [-0.3, -0.25) is 14.5 Å². The number of carbonyl (C=O) groups is 3. The quantitative estimate of drug-likeness (QED) is 0.821. The number of fused-ring (bicyclic) bond motifs is 1. The van der Waals surface area contributed by atoms with Crippen molar-refractivity contribution in [2.24, 2.45) is 0 Å². The number of aldehydes is 1. The van der Waals surface area contributed by atoms with Gasteiger partial charge in [0, 0.05) is 18.8 Å². The standard InChI is InChI=1S/C19H27N3O4/c1-19(2,3)26-18(25)22-10-6-8-15(22)17(24)21-9-5-4-7-14-16(21)11-13(12-23)20-14/h11-12,15,20H,4-10H2,1-3H3. The van der Waals surface area contributed by atoms with Gasteiger partial charge in [0.25, 0.3) is 0 Å². The van der Waals surface area contributed by atoms with E-state index in [1.165, 1.54) is 0 Å². The van der Waals surface area contributed by atoms with Gasteiger partial charge in [-0.25, -0.2) is 4.79 Å². The molecule has 1 saturated heterocycles. The molecule has 3 heterocycles. The van der Waals surface area contributed by atoms with Crippen molar-refractivity contribution in [3.63, 3.8) is 0 Å². The molecule has 2 aliphatic rings. The molecule has 1 aromatic rings. The van der Waals surface area contributed by atoms with Crippen molar-refractivity contribution in [3.8, 4) is 0 Å². The number of amides is 2. The number of H-pyrrole nitrogens is 1. The second-order valence-corrected chi connectivity index (χ2v) is 7.99. The molecule has 1 atom stereocenters. The van der Waals surface area contributed by atoms with Crippen molar-refractivity contribution >= 4 is 24.0 Å². The van der Waals surface area contributed by atoms with Crippen molar-refractivity contribution < 1.29 is 19.1 Å². The number of hydrogen-bond donors (Lipinski definition) is 1. The SMILES string of the molecule is CC(C)(C)OC(=O)N1CCCC1C(=O)N1CCCCc2[nH]c(C=O)cc21. The molecule has 142 valence electrons. The summed E-state index contributed by atoms with van der Waals surface area (Å²) in [7, 11) is 0. The van der Waals surface area contributed by atoms with Crippen LogP contribution in [0.15, 0.2) is 6.07 Å². The molecule has 3 rings (SSSR count). The fourth-order valence-corrected chi connectivity index (χ4v) is 3.67. The zero-order valence-corrected chi connectivity index (χ0v) is 15.7. The molecule has 1 N–H and O–H groups in total. The molecule has 0 aliphatic carbocycles. The van der Waals surface area contributed by atoms with Gasteiger partial charge in [-0.15, -0.1) is 0 Å². The summed E-state index contributed by atoms with van der Waals surface area (Å²) in [4.78, 5) is 43.3. The second kappa shape index (κ2) is 7.13. The highest BCUT2D eigenvalue weighted by Crippen LogP contribution is 2.30. The third-order valence-electron chi connectivity index (χ3n) is 4.80. The van der Waals surface area contributed by atoms with E-state index in [-0.39, 0.29) is 5.91 Å². The molecule has 2 aliphatic heterocycles. The van der Waals surface area contributed by atoms with Crippen LogP contribution in [-0.2, 0) is 16.0 Å². The topological polar surface area (TPSA) is 82.7 Å². The molecule has 0 saturated carbocycles. The van der Waals surface area contributed by atoms with Crippen LogP contribution in [0.25, 0.3) is 0 Å². The fourth-order valence-electron chi connectivity index (χ4n) is 3.67. The number of carbonyl (C=O) groups excluding carboxylic acids is 3. The third-order valence-corrected chi connectivity index (χ3v) is 4.80. The Hall–Kier alpha value is -2.31. The molecule has 1 unspecified atom stereocenters. The lowest BCUT2D eigenvalue weighted by Crippen LogP contribution is -2.49. The van der Waals surface area contributed by atoms with E-state index in [9.17, 15) is 14.4 Å². The maximum absolute atomic E-state index is 13.3. The number of aromatic amines is 1. The van der Waals surface area contributed by atoms with Crippen LogP contribution in [0.2, 0.25) is 0 Å². The molecule has 7 heteroatoms. The predicted octanol–water partition coefficient (Wildman–Crippen LogP) is 2.90. The summed E-state index contributed by atoms with van der Waals surface area (Å²) in [6, 6.07) is 1.23. The maximum Gasteiger partial charge on any atom is 0.410 e. The highest BCUT2D eigenvalue weighted by molar-refractivity contribution is 6.00. The van der Waals surface area contributed by atoms with Crippen molar-refractivity contribution in [3.05, 3.63) is 17.5 Å². The van der Waals surface area contributed by atoms with E-state index in [1.807, 2.05) is 20.8 Å². The molecule has 0 radical (unpaired) electrons. The number of hydrogen-bond acceptors (Lipinski definition) is 4. The number of nitrogens with zero attached hydrogens (tertiary/aromatic N) is 2. The Balaban J connectivity index is 1.82. The lowest BCUT2D eigenvalue weighted by molar-refractivity contribution is -0.122. The number of ether oxygens (including phenoxy) is 1. The molecular weight excluding hydrogens is 334 g/mol. The van der Waals surface area contributed by atoms with Crippen molar-refractivity contribution in [1.29, 1.82) is 0 Å². The normalized spacial score (nSPS) is 20.5. The third kappa shape index (κ3) is 3.76. The minimum Gasteiger partial charge on any atom is -0.444 e. The number of aryl methyl sites for hydroxylation is 1. The van der Waals surface area contributed by atoms with Crippen LogP contribution >= 0.6 is 0 Å². The molecule has 0 bridgehead atoms. The van der Waals surface area contributed by atoms with E-state index in [1.54, 1.807) is 15.9 Å². The molecular formula is C19H27N3O4. The molecule has 0 aromatic carbocycles. The Labute approximate surface area is 153 Å². The summed E-state index contributed by atoms with van der Waals surface area (Å²) in [5.74, 6) is -0.0899. The number of nitrogens with one attached hydrogen (secondary N) is 1. The van der Waals surface area contributed by atoms with Crippen molar-refractivity contribution in [2.75, 3.05) is 18.0 Å². The Morgan fingerprint density at radius 3 is 2.69 bits per heavy atom. The fraction of sp³-hybridized carbons (Fsp3) is 0.632. The lowest BCUT2D eigenvalue weighted by Gasteiger charge is -2.31. The van der Waals surface area contributed by atoms with Gasteiger partial charge < -0.3 is 14.6 Å². The summed E-state index contributed by atoms with van der Waals surface area (Å²) in [6.07, 6.45) is 4.40. The van der Waals surface area contributed by atoms with E-state index in [2.05, 4.69) is 4.98 Å². The monoisotopic (exact) mass is 361 g/mol. The number of likely N-dealkylation sites (tertiary alicyclic amines) is 1. The van der Waals surface area contributed by atoms with Crippen LogP contribution in [0.5, 0.6) is 0 Å². The van der Waals surface area contributed by atoms with E-state index in [4.69, 9.17) is 4.74 Å². The summed E-state index contributed by atoms with van der Waals surface area (Å²) in [5.41, 5.74) is 1.57. The van der Waals surface area contributed by atoms with Gasteiger partial charge in [-0.2, -0.15) is 0 Å². The lowest BCUT2D eigenvalue weighted by atomic mass is 10.1. The van der Waals surface area contributed by atoms with Gasteiger partial charge in [0.2, 0.25) is 5.91 Å². The zero-order valence-electron chi connectivity index (χ0n) is 15.7. The van der Waals surface area contributed by atoms with E-state index >= 15 is 0 Å². The Morgan fingerprint density at radius 1 is 1.23 bits per heavy atom. The predicted molar refractivity (Wildman–Crippen MR) is 97.4 cm³/mol. The van der Waals surface area contributed by atoms with Crippen molar-refractivity contribution in [2.45, 2.75) is 64.5 Å². The van der Waals surface area contributed by atoms with Crippen LogP contribution in [0.1, 0.15) is 62.6 Å². The molecule has 1 aromatic heterocycles. The van der Waals surface area contributed by atoms with Gasteiger partial charge in [0.05, 0.1) is 11.4 Å². The van der Waals surface area contributed by atoms with Crippen molar-refractivity contribution in [1.82, 2.24) is 9.88 Å². The summed E-state index contributed by atoms with van der Waals surface area (Å²) >= 11 is 0. The van der Waals surface area contributed by atoms with Gasteiger partial charge in [-0.05, 0) is 58.9 Å². The Bertz CT molecular complexity index is 704. The summed E-state index contributed by atoms with van der Waals surface area (Å²) < 4.78 is 5.47.